The maximum atomic E-state index is 12.4. The van der Waals surface area contributed by atoms with Crippen molar-refractivity contribution in [2.45, 2.75) is 27.3 Å². The van der Waals surface area contributed by atoms with Crippen molar-refractivity contribution in [2.24, 2.45) is 0 Å². The third kappa shape index (κ3) is 3.99. The van der Waals surface area contributed by atoms with Crippen LogP contribution in [0.15, 0.2) is 46.3 Å². The van der Waals surface area contributed by atoms with Crippen LogP contribution in [0.25, 0.3) is 17.1 Å². The van der Waals surface area contributed by atoms with E-state index < -0.39 is 5.95 Å². The third-order valence-corrected chi connectivity index (χ3v) is 5.68. The Hall–Kier alpha value is -3.72. The summed E-state index contributed by atoms with van der Waals surface area (Å²) in [4.78, 5) is 16.1. The van der Waals surface area contributed by atoms with Gasteiger partial charge in [-0.25, -0.2) is 4.98 Å². The van der Waals surface area contributed by atoms with Crippen LogP contribution in [0.4, 0.5) is 5.13 Å². The topological polar surface area (TPSA) is 115 Å². The summed E-state index contributed by atoms with van der Waals surface area (Å²) in [5.74, 6) is -0.834. The summed E-state index contributed by atoms with van der Waals surface area (Å²) in [7, 11) is 0. The molecule has 2 aromatic carbocycles. The molecule has 2 aromatic heterocycles. The van der Waals surface area contributed by atoms with Crippen LogP contribution in [-0.4, -0.2) is 21.1 Å². The van der Waals surface area contributed by atoms with Gasteiger partial charge in [0, 0.05) is 29.1 Å². The van der Waals surface area contributed by atoms with Gasteiger partial charge in [0.15, 0.2) is 22.6 Å². The van der Waals surface area contributed by atoms with Gasteiger partial charge in [-0.3, -0.25) is 4.79 Å². The molecule has 0 aliphatic carbocycles. The first kappa shape index (κ1) is 20.5. The molecule has 8 nitrogen and oxygen atoms in total. The Labute approximate surface area is 182 Å². The Bertz CT molecular complexity index is 1280. The number of benzene rings is 2. The predicted molar refractivity (Wildman–Crippen MR) is 114 cm³/mol. The average molecular weight is 436 g/mol. The molecular formula is C22H20N4O4S. The molecule has 2 heterocycles. The molecule has 2 N–H and O–H groups in total. The minimum absolute atomic E-state index is 0.0482. The highest BCUT2D eigenvalue weighted by molar-refractivity contribution is 7.14. The molecule has 0 aliphatic heterocycles. The van der Waals surface area contributed by atoms with Crippen LogP contribution in [-0.2, 0) is 6.54 Å². The van der Waals surface area contributed by atoms with Crippen molar-refractivity contribution < 1.29 is 24.2 Å². The van der Waals surface area contributed by atoms with Gasteiger partial charge in [0.1, 0.15) is 5.75 Å². The van der Waals surface area contributed by atoms with Gasteiger partial charge in [-0.1, -0.05) is 24.3 Å². The summed E-state index contributed by atoms with van der Waals surface area (Å²) >= 11 is 1.31. The molecular weight excluding hydrogens is 416 g/mol. The maximum absolute atomic E-state index is 12.4. The average Bonchev–Trinajstić information content (AvgIpc) is 3.35. The molecule has 0 atom stereocenters. The first-order chi connectivity index (χ1) is 14.8. The molecule has 0 aliphatic rings. The molecule has 158 valence electrons. The van der Waals surface area contributed by atoms with Crippen molar-refractivity contribution in [3.8, 4) is 28.8 Å². The second-order valence-electron chi connectivity index (χ2n) is 7.17. The first-order valence-corrected chi connectivity index (χ1v) is 10.4. The van der Waals surface area contributed by atoms with E-state index in [1.165, 1.54) is 22.9 Å². The number of para-hydroxylation sites is 1. The van der Waals surface area contributed by atoms with Gasteiger partial charge in [0.2, 0.25) is 5.69 Å². The van der Waals surface area contributed by atoms with Gasteiger partial charge < -0.3 is 20.1 Å². The molecule has 0 unspecified atom stereocenters. The van der Waals surface area contributed by atoms with E-state index in [4.69, 9.17) is 4.52 Å². The number of hydrogen-bond acceptors (Lipinski definition) is 8. The Kier molecular flexibility index (Phi) is 5.43. The van der Waals surface area contributed by atoms with E-state index in [2.05, 4.69) is 15.6 Å². The number of phenolic OH excluding ortho intramolecular Hbond substituents is 1. The maximum Gasteiger partial charge on any atom is 0.290 e. The number of phenols is 1. The van der Waals surface area contributed by atoms with Gasteiger partial charge >= 0.3 is 0 Å². The molecule has 31 heavy (non-hydrogen) atoms. The van der Waals surface area contributed by atoms with E-state index >= 15 is 0 Å². The second kappa shape index (κ2) is 8.19. The molecule has 0 spiro atoms. The summed E-state index contributed by atoms with van der Waals surface area (Å²) in [6, 6.07) is 10.9. The lowest BCUT2D eigenvalue weighted by atomic mass is 10.1. The number of nitrogens with one attached hydrogen (secondary N) is 1. The van der Waals surface area contributed by atoms with Crippen LogP contribution in [0, 0.1) is 13.8 Å². The van der Waals surface area contributed by atoms with E-state index in [-0.39, 0.29) is 29.3 Å². The largest absolute Gasteiger partial charge is 0.539 e. The quantitative estimate of drug-likeness (QED) is 0.352. The number of carbonyl (C=O) groups is 1. The molecule has 4 aromatic rings. The number of nitrogens with zero attached hydrogens (tertiary/aromatic N) is 3. The number of aryl methyl sites for hydroxylation is 2. The Balaban J connectivity index is 1.61. The minimum Gasteiger partial charge on any atom is -0.539 e. The van der Waals surface area contributed by atoms with Gasteiger partial charge in [-0.15, -0.1) is 11.3 Å². The Morgan fingerprint density at radius 2 is 2.10 bits per heavy atom. The van der Waals surface area contributed by atoms with Crippen LogP contribution < -0.4 is 15.1 Å². The number of aromatic hydroxyl groups is 1. The zero-order valence-electron chi connectivity index (χ0n) is 17.2. The molecule has 9 heteroatoms. The predicted octanol–water partition coefficient (Wildman–Crippen LogP) is 3.29. The van der Waals surface area contributed by atoms with Crippen molar-refractivity contribution >= 4 is 22.3 Å². The van der Waals surface area contributed by atoms with Gasteiger partial charge in [-0.05, 0) is 37.1 Å². The second-order valence-corrected chi connectivity index (χ2v) is 8.03. The van der Waals surface area contributed by atoms with Gasteiger partial charge in [-0.2, -0.15) is 0 Å². The summed E-state index contributed by atoms with van der Waals surface area (Å²) in [6.45, 7) is 5.57. The molecule has 0 saturated carbocycles. The van der Waals surface area contributed by atoms with Crippen molar-refractivity contribution in [2.75, 3.05) is 5.32 Å². The van der Waals surface area contributed by atoms with E-state index in [1.54, 1.807) is 23.6 Å². The van der Waals surface area contributed by atoms with E-state index in [1.807, 2.05) is 32.0 Å². The van der Waals surface area contributed by atoms with Gasteiger partial charge in [0.05, 0.1) is 10.8 Å². The van der Waals surface area contributed by atoms with Crippen molar-refractivity contribution in [1.29, 1.82) is 0 Å². The highest BCUT2D eigenvalue weighted by atomic mass is 32.1. The summed E-state index contributed by atoms with van der Waals surface area (Å²) in [5, 5.41) is 32.0. The van der Waals surface area contributed by atoms with Crippen LogP contribution in [0.5, 0.6) is 11.7 Å². The molecule has 0 radical (unpaired) electrons. The number of ketones is 1. The molecule has 0 bridgehead atoms. The highest BCUT2D eigenvalue weighted by Gasteiger charge is 2.26. The summed E-state index contributed by atoms with van der Waals surface area (Å²) in [6.07, 6.45) is 0. The smallest absolute Gasteiger partial charge is 0.290 e. The molecule has 0 saturated heterocycles. The first-order valence-electron chi connectivity index (χ1n) is 9.53. The standard InChI is InChI=1S/C22H20N4O4S/c1-12-7-8-13(2)18(9-12)26-19(21(29)30-25-26)17-11-31-22(24-17)23-10-15-5-4-6-16(14(3)27)20(15)28/h4-9,11H,10H2,1-3H3,(H2-,23,24,25,27,28,29). The van der Waals surface area contributed by atoms with E-state index in [0.717, 1.165) is 16.8 Å². The van der Waals surface area contributed by atoms with Crippen molar-refractivity contribution in [3.05, 3.63) is 64.0 Å². The lowest BCUT2D eigenvalue weighted by Gasteiger charge is -2.08. The third-order valence-electron chi connectivity index (χ3n) is 4.88. The lowest BCUT2D eigenvalue weighted by molar-refractivity contribution is -0.660. The number of carbonyl (C=O) groups excluding carboxylic acids is 1. The van der Waals surface area contributed by atoms with Crippen molar-refractivity contribution in [3.63, 3.8) is 0 Å². The number of Topliss-reactive ketones (excluding diaryl/α,β-unsaturated/α-hetero) is 1. The zero-order chi connectivity index (χ0) is 22.1. The molecule has 0 fully saturated rings. The van der Waals surface area contributed by atoms with Crippen LogP contribution >= 0.6 is 11.3 Å². The number of aromatic nitrogens is 3. The van der Waals surface area contributed by atoms with Crippen LogP contribution in [0.1, 0.15) is 34.0 Å². The number of anilines is 1. The number of hydrogen-bond donors (Lipinski definition) is 2. The Morgan fingerprint density at radius 3 is 2.87 bits per heavy atom. The fourth-order valence-electron chi connectivity index (χ4n) is 3.23. The Morgan fingerprint density at radius 1 is 1.29 bits per heavy atom. The van der Waals surface area contributed by atoms with E-state index in [9.17, 15) is 15.0 Å². The summed E-state index contributed by atoms with van der Waals surface area (Å²) < 4.78 is 6.39. The fraction of sp³-hybridized carbons (Fsp3) is 0.182. The molecule has 4 rings (SSSR count). The van der Waals surface area contributed by atoms with Gasteiger partial charge in [0.25, 0.3) is 5.69 Å². The lowest BCUT2D eigenvalue weighted by Crippen LogP contribution is -2.36. The normalized spacial score (nSPS) is 10.9. The highest BCUT2D eigenvalue weighted by Crippen LogP contribution is 2.30. The van der Waals surface area contributed by atoms with Crippen LogP contribution in [0.3, 0.4) is 0 Å². The van der Waals surface area contributed by atoms with Crippen LogP contribution in [0.2, 0.25) is 0 Å². The molecule has 0 amide bonds. The summed E-state index contributed by atoms with van der Waals surface area (Å²) in [5.41, 5.74) is 4.23. The minimum atomic E-state index is -0.579. The number of thiazole rings is 1. The monoisotopic (exact) mass is 436 g/mol. The number of rotatable bonds is 6. The zero-order valence-corrected chi connectivity index (χ0v) is 18.0. The van der Waals surface area contributed by atoms with Crippen molar-refractivity contribution in [1.82, 2.24) is 10.3 Å². The SMILES string of the molecule is CC(=O)c1cccc(CNc2nc(-c3c([O-])on[n+]3-c3cc(C)ccc3C)cs2)c1O. The van der Waals surface area contributed by atoms with E-state index in [0.29, 0.717) is 16.4 Å². The fourth-order valence-corrected chi connectivity index (χ4v) is 3.92.